The van der Waals surface area contributed by atoms with E-state index in [1.54, 1.807) is 6.92 Å². The number of hydrogen-bond donors (Lipinski definition) is 0. The van der Waals surface area contributed by atoms with Crippen LogP contribution in [0.1, 0.15) is 175 Å². The summed E-state index contributed by atoms with van der Waals surface area (Å²) in [4.78, 5) is 24.7. The fraction of sp³-hybridized carbons (Fsp3) is 0.846. The highest BCUT2D eigenvalue weighted by atomic mass is 16.7. The van der Waals surface area contributed by atoms with Gasteiger partial charge in [-0.2, -0.15) is 0 Å². The van der Waals surface area contributed by atoms with Crippen LogP contribution in [0, 0.1) is 0 Å². The third-order valence-corrected chi connectivity index (χ3v) is 8.91. The third kappa shape index (κ3) is 21.0. The molecule has 0 spiro atoms. The van der Waals surface area contributed by atoms with Crippen molar-refractivity contribution < 1.29 is 28.5 Å². The van der Waals surface area contributed by atoms with Gasteiger partial charge in [-0.3, -0.25) is 0 Å². The highest BCUT2D eigenvalue weighted by molar-refractivity contribution is 5.79. The molecule has 0 aromatic rings. The monoisotopic (exact) mass is 633 g/mol. The third-order valence-electron chi connectivity index (χ3n) is 8.91. The molecule has 0 saturated carbocycles. The molecule has 2 heterocycles. The minimum Gasteiger partial charge on any atom is -0.460 e. The lowest BCUT2D eigenvalue weighted by atomic mass is 10.1. The molecule has 0 aromatic heterocycles. The molecule has 45 heavy (non-hydrogen) atoms. The summed E-state index contributed by atoms with van der Waals surface area (Å²) in [7, 11) is 0. The molecule has 2 aliphatic heterocycles. The maximum atomic E-state index is 12.4. The van der Waals surface area contributed by atoms with Crippen LogP contribution in [0.25, 0.3) is 0 Å². The molecule has 260 valence electrons. The number of esters is 2. The molecule has 2 fully saturated rings. The van der Waals surface area contributed by atoms with E-state index in [1.807, 2.05) is 0 Å². The molecule has 2 aliphatic rings. The minimum absolute atomic E-state index is 0.0274. The Bertz CT molecular complexity index is 807. The van der Waals surface area contributed by atoms with E-state index in [4.69, 9.17) is 18.9 Å². The lowest BCUT2D eigenvalue weighted by Crippen LogP contribution is -2.27. The Labute approximate surface area is 276 Å². The van der Waals surface area contributed by atoms with Gasteiger partial charge in [0.1, 0.15) is 12.7 Å². The Kier molecular flexibility index (Phi) is 23.2. The van der Waals surface area contributed by atoms with Gasteiger partial charge in [0.2, 0.25) is 0 Å². The summed E-state index contributed by atoms with van der Waals surface area (Å²) < 4.78 is 21.9. The van der Waals surface area contributed by atoms with Gasteiger partial charge in [-0.1, -0.05) is 128 Å². The molecule has 5 atom stereocenters. The predicted octanol–water partition coefficient (Wildman–Crippen LogP) is 10.5. The van der Waals surface area contributed by atoms with Gasteiger partial charge in [0.15, 0.2) is 12.2 Å². The number of unbranched alkanes of at least 4 members (excludes halogenated alkanes) is 18. The number of epoxide rings is 2. The van der Waals surface area contributed by atoms with Crippen molar-refractivity contribution >= 4 is 11.9 Å². The van der Waals surface area contributed by atoms with Gasteiger partial charge < -0.3 is 18.9 Å². The highest BCUT2D eigenvalue weighted by Gasteiger charge is 2.47. The minimum atomic E-state index is -0.499. The number of hydrogen-bond acceptors (Lipinski definition) is 6. The summed E-state index contributed by atoms with van der Waals surface area (Å²) in [5, 5.41) is 0. The quantitative estimate of drug-likeness (QED) is 0.0327. The van der Waals surface area contributed by atoms with Gasteiger partial charge in [0.05, 0.1) is 12.2 Å². The van der Waals surface area contributed by atoms with E-state index >= 15 is 0 Å². The topological polar surface area (TPSA) is 77.7 Å². The van der Waals surface area contributed by atoms with E-state index in [0.29, 0.717) is 0 Å². The van der Waals surface area contributed by atoms with Crippen LogP contribution in [0.4, 0.5) is 0 Å². The lowest BCUT2D eigenvalue weighted by molar-refractivity contribution is -0.159. The molecule has 0 aliphatic carbocycles. The molecule has 0 radical (unpaired) electrons. The first-order chi connectivity index (χ1) is 22.1. The first kappa shape index (κ1) is 39.5. The van der Waals surface area contributed by atoms with Gasteiger partial charge in [-0.15, -0.1) is 0 Å². The first-order valence-corrected chi connectivity index (χ1v) is 19.0. The van der Waals surface area contributed by atoms with Gasteiger partial charge in [-0.05, 0) is 71.1 Å². The molecule has 0 bridgehead atoms. The lowest BCUT2D eigenvalue weighted by Gasteiger charge is -2.12. The Hall–Kier alpha value is -1.66. The van der Waals surface area contributed by atoms with Gasteiger partial charge in [-0.25, -0.2) is 9.59 Å². The van der Waals surface area contributed by atoms with Crippen molar-refractivity contribution in [3.05, 3.63) is 24.3 Å². The average molecular weight is 633 g/mol. The zero-order valence-electron chi connectivity index (χ0n) is 29.3. The van der Waals surface area contributed by atoms with Crippen LogP contribution in [0.2, 0.25) is 0 Å². The van der Waals surface area contributed by atoms with Crippen molar-refractivity contribution in [1.29, 1.82) is 0 Å². The summed E-state index contributed by atoms with van der Waals surface area (Å²) in [5.41, 5.74) is 0. The van der Waals surface area contributed by atoms with Crippen LogP contribution in [0.5, 0.6) is 0 Å². The molecule has 2 saturated heterocycles. The highest BCUT2D eigenvalue weighted by Crippen LogP contribution is 2.30. The molecule has 2 rings (SSSR count). The summed E-state index contributed by atoms with van der Waals surface area (Å²) in [6, 6.07) is 0. The van der Waals surface area contributed by atoms with E-state index in [9.17, 15) is 9.59 Å². The zero-order valence-corrected chi connectivity index (χ0v) is 29.3. The fourth-order valence-electron chi connectivity index (χ4n) is 5.85. The van der Waals surface area contributed by atoms with Crippen LogP contribution in [-0.2, 0) is 28.5 Å². The normalized spacial score (nSPS) is 21.4. The second-order valence-corrected chi connectivity index (χ2v) is 13.4. The van der Waals surface area contributed by atoms with Crippen molar-refractivity contribution in [2.75, 3.05) is 6.61 Å². The average Bonchev–Trinajstić information content (AvgIpc) is 3.97. The van der Waals surface area contributed by atoms with E-state index in [0.717, 1.165) is 51.4 Å². The summed E-state index contributed by atoms with van der Waals surface area (Å²) in [6.45, 7) is 6.31. The smallest absolute Gasteiger partial charge is 0.338 e. The molecular weight excluding hydrogens is 564 g/mol. The maximum absolute atomic E-state index is 12.4. The van der Waals surface area contributed by atoms with Crippen molar-refractivity contribution in [2.24, 2.45) is 0 Å². The Morgan fingerprint density at radius 1 is 0.556 bits per heavy atom. The molecule has 5 unspecified atom stereocenters. The van der Waals surface area contributed by atoms with E-state index < -0.39 is 18.3 Å². The van der Waals surface area contributed by atoms with Crippen molar-refractivity contribution in [3.8, 4) is 0 Å². The molecule has 6 heteroatoms. The molecule has 0 amide bonds. The number of allylic oxidation sites excluding steroid dienone is 4. The maximum Gasteiger partial charge on any atom is 0.338 e. The van der Waals surface area contributed by atoms with E-state index in [2.05, 4.69) is 38.2 Å². The van der Waals surface area contributed by atoms with Crippen LogP contribution in [0.15, 0.2) is 24.3 Å². The Balaban J connectivity index is 1.36. The summed E-state index contributed by atoms with van der Waals surface area (Å²) >= 11 is 0. The molecule has 6 nitrogen and oxygen atoms in total. The van der Waals surface area contributed by atoms with Crippen LogP contribution >= 0.6 is 0 Å². The van der Waals surface area contributed by atoms with Crippen molar-refractivity contribution in [2.45, 2.75) is 205 Å². The van der Waals surface area contributed by atoms with Gasteiger partial charge >= 0.3 is 11.9 Å². The van der Waals surface area contributed by atoms with Gasteiger partial charge in [0, 0.05) is 0 Å². The summed E-state index contributed by atoms with van der Waals surface area (Å²) in [5.74, 6) is -0.697. The number of carbonyl (C=O) groups is 2. The van der Waals surface area contributed by atoms with Crippen LogP contribution < -0.4 is 0 Å². The Morgan fingerprint density at radius 3 is 1.38 bits per heavy atom. The van der Waals surface area contributed by atoms with Crippen molar-refractivity contribution in [3.63, 3.8) is 0 Å². The van der Waals surface area contributed by atoms with Crippen LogP contribution in [0.3, 0.4) is 0 Å². The zero-order chi connectivity index (χ0) is 32.4. The second kappa shape index (κ2) is 26.4. The SMILES string of the molecule is CCCCCCCC/C=C\CCCCCC1OC1C(=O)OCC(C)OC(=O)C1OC1CCCCC/C=C\CCCCCCCC. The molecular formula is C39H68O6. The molecule has 0 aromatic carbocycles. The van der Waals surface area contributed by atoms with E-state index in [1.165, 1.54) is 103 Å². The standard InChI is InChI=1S/C39H68O6/c1-4-6-8-10-12-14-16-18-20-22-24-26-28-30-34-36(44-34)38(40)42-32-33(3)43-39(41)37-35(45-37)31-29-27-25-23-21-19-17-15-13-11-9-7-5-2/h18-21,33-37H,4-17,22-32H2,1-3H3/b20-18-,21-19-. The Morgan fingerprint density at radius 2 is 0.933 bits per heavy atom. The number of carbonyl (C=O) groups excluding carboxylic acids is 2. The number of ether oxygens (including phenoxy) is 4. The predicted molar refractivity (Wildman–Crippen MR) is 184 cm³/mol. The molecule has 0 N–H and O–H groups in total. The van der Waals surface area contributed by atoms with E-state index in [-0.39, 0.29) is 30.8 Å². The number of rotatable bonds is 31. The second-order valence-electron chi connectivity index (χ2n) is 13.4. The fourth-order valence-corrected chi connectivity index (χ4v) is 5.85. The van der Waals surface area contributed by atoms with Crippen LogP contribution in [-0.4, -0.2) is 49.1 Å². The summed E-state index contributed by atoms with van der Waals surface area (Å²) in [6.07, 6.45) is 37.3. The largest absolute Gasteiger partial charge is 0.460 e. The first-order valence-electron chi connectivity index (χ1n) is 19.0. The van der Waals surface area contributed by atoms with Crippen molar-refractivity contribution in [1.82, 2.24) is 0 Å². The van der Waals surface area contributed by atoms with Gasteiger partial charge in [0.25, 0.3) is 0 Å².